The van der Waals surface area contributed by atoms with Gasteiger partial charge in [-0.2, -0.15) is 0 Å². The Morgan fingerprint density at radius 3 is 2.44 bits per heavy atom. The van der Waals surface area contributed by atoms with E-state index in [1.54, 1.807) is 25.5 Å². The molecular formula is C20H23N3O2. The predicted molar refractivity (Wildman–Crippen MR) is 102 cm³/mol. The van der Waals surface area contributed by atoms with Gasteiger partial charge in [-0.1, -0.05) is 44.2 Å². The summed E-state index contributed by atoms with van der Waals surface area (Å²) in [5, 5.41) is 3.52. The molecule has 1 aromatic carbocycles. The molecule has 2 N–H and O–H groups in total. The van der Waals surface area contributed by atoms with Gasteiger partial charge in [-0.05, 0) is 11.6 Å². The number of nitrogens with one attached hydrogen (secondary N) is 2. The first-order chi connectivity index (χ1) is 12.2. The number of benzene rings is 1. The molecule has 5 nitrogen and oxygen atoms in total. The van der Waals surface area contributed by atoms with E-state index in [4.69, 9.17) is 0 Å². The van der Waals surface area contributed by atoms with Gasteiger partial charge in [-0.25, -0.2) is 0 Å². The molecule has 0 aliphatic heterocycles. The summed E-state index contributed by atoms with van der Waals surface area (Å²) in [5.74, 6) is -0.195. The number of H-pyrrole nitrogens is 1. The van der Waals surface area contributed by atoms with E-state index in [2.05, 4.69) is 23.1 Å². The van der Waals surface area contributed by atoms with Crippen LogP contribution in [0.1, 0.15) is 29.8 Å². The molecule has 0 spiro atoms. The Bertz CT molecular complexity index is 889. The Balaban J connectivity index is 0.000000730. The van der Waals surface area contributed by atoms with Crippen LogP contribution in [0.4, 0.5) is 0 Å². The van der Waals surface area contributed by atoms with Crippen LogP contribution in [0.25, 0.3) is 10.9 Å². The van der Waals surface area contributed by atoms with E-state index in [0.717, 1.165) is 5.56 Å². The van der Waals surface area contributed by atoms with Crippen molar-refractivity contribution in [2.45, 2.75) is 20.4 Å². The largest absolute Gasteiger partial charge is 0.357 e. The van der Waals surface area contributed by atoms with Crippen LogP contribution in [0.5, 0.6) is 0 Å². The molecule has 0 aliphatic rings. The first-order valence-corrected chi connectivity index (χ1v) is 7.99. The smallest absolute Gasteiger partial charge is 0.274 e. The molecule has 0 atom stereocenters. The van der Waals surface area contributed by atoms with Gasteiger partial charge in [-0.15, -0.1) is 12.8 Å². The van der Waals surface area contributed by atoms with Crippen LogP contribution < -0.4 is 10.9 Å². The lowest BCUT2D eigenvalue weighted by Gasteiger charge is -2.08. The second kappa shape index (κ2) is 9.78. The van der Waals surface area contributed by atoms with Crippen molar-refractivity contribution in [3.8, 4) is 12.8 Å². The van der Waals surface area contributed by atoms with Gasteiger partial charge < -0.3 is 14.9 Å². The van der Waals surface area contributed by atoms with Crippen LogP contribution in [0.15, 0.2) is 53.6 Å². The van der Waals surface area contributed by atoms with E-state index in [1.807, 2.05) is 44.2 Å². The van der Waals surface area contributed by atoms with Crippen molar-refractivity contribution < 1.29 is 4.79 Å². The minimum atomic E-state index is -0.195. The summed E-state index contributed by atoms with van der Waals surface area (Å²) >= 11 is 0. The first kappa shape index (κ1) is 19.8. The molecule has 3 aromatic rings. The second-order valence-electron chi connectivity index (χ2n) is 4.89. The highest BCUT2D eigenvalue weighted by atomic mass is 16.2. The topological polar surface area (TPSA) is 66.9 Å². The summed E-state index contributed by atoms with van der Waals surface area (Å²) < 4.78 is 1.41. The monoisotopic (exact) mass is 337 g/mol. The molecule has 0 saturated carbocycles. The molecular weight excluding hydrogens is 314 g/mol. The Hall–Kier alpha value is -3.26. The van der Waals surface area contributed by atoms with E-state index in [9.17, 15) is 9.59 Å². The van der Waals surface area contributed by atoms with Gasteiger partial charge in [0.05, 0.1) is 5.56 Å². The van der Waals surface area contributed by atoms with Crippen molar-refractivity contribution in [3.63, 3.8) is 0 Å². The third kappa shape index (κ3) is 4.61. The van der Waals surface area contributed by atoms with Gasteiger partial charge in [0.15, 0.2) is 0 Å². The summed E-state index contributed by atoms with van der Waals surface area (Å²) in [6, 6.07) is 11.4. The number of nitrogens with zero attached hydrogens (tertiary/aromatic N) is 1. The van der Waals surface area contributed by atoms with Crippen LogP contribution in [-0.4, -0.2) is 15.5 Å². The van der Waals surface area contributed by atoms with Gasteiger partial charge in [0, 0.05) is 31.4 Å². The highest BCUT2D eigenvalue weighted by Gasteiger charge is 2.14. The maximum atomic E-state index is 12.4. The number of terminal acetylenes is 1. The highest BCUT2D eigenvalue weighted by molar-refractivity contribution is 6.05. The zero-order valence-corrected chi connectivity index (χ0v) is 14.7. The third-order valence-corrected chi connectivity index (χ3v) is 3.43. The number of rotatable bonds is 3. The van der Waals surface area contributed by atoms with Crippen LogP contribution in [0.2, 0.25) is 0 Å². The molecule has 1 amide bonds. The van der Waals surface area contributed by atoms with Crippen molar-refractivity contribution in [3.05, 3.63) is 70.3 Å². The van der Waals surface area contributed by atoms with Gasteiger partial charge in [0.2, 0.25) is 0 Å². The average molecular weight is 337 g/mol. The summed E-state index contributed by atoms with van der Waals surface area (Å²) in [7, 11) is 1.64. The Labute approximate surface area is 147 Å². The molecule has 25 heavy (non-hydrogen) atoms. The summed E-state index contributed by atoms with van der Waals surface area (Å²) in [5.41, 5.74) is 1.82. The van der Waals surface area contributed by atoms with E-state index in [0.29, 0.717) is 23.0 Å². The number of hydrogen-bond donors (Lipinski definition) is 2. The van der Waals surface area contributed by atoms with Crippen LogP contribution >= 0.6 is 0 Å². The summed E-state index contributed by atoms with van der Waals surface area (Å²) in [4.78, 5) is 27.2. The van der Waals surface area contributed by atoms with Crippen molar-refractivity contribution in [2.75, 3.05) is 0 Å². The zero-order valence-electron chi connectivity index (χ0n) is 14.7. The quantitative estimate of drug-likeness (QED) is 0.721. The fourth-order valence-corrected chi connectivity index (χ4v) is 2.32. The lowest BCUT2D eigenvalue weighted by molar-refractivity contribution is 0.0952. The number of hydrogen-bond acceptors (Lipinski definition) is 2. The van der Waals surface area contributed by atoms with E-state index in [-0.39, 0.29) is 11.5 Å². The average Bonchev–Trinajstić information content (AvgIpc) is 3.17. The third-order valence-electron chi connectivity index (χ3n) is 3.43. The molecule has 5 heteroatoms. The molecule has 0 radical (unpaired) electrons. The number of amides is 1. The maximum absolute atomic E-state index is 12.4. The van der Waals surface area contributed by atoms with Crippen molar-refractivity contribution in [1.82, 2.24) is 14.9 Å². The normalized spacial score (nSPS) is 9.32. The van der Waals surface area contributed by atoms with E-state index < -0.39 is 0 Å². The molecule has 0 bridgehead atoms. The molecule has 130 valence electrons. The number of carbonyl (C=O) groups is 1. The molecule has 3 rings (SSSR count). The second-order valence-corrected chi connectivity index (χ2v) is 4.89. The maximum Gasteiger partial charge on any atom is 0.274 e. The first-order valence-electron chi connectivity index (χ1n) is 7.99. The minimum Gasteiger partial charge on any atom is -0.357 e. The van der Waals surface area contributed by atoms with Crippen LogP contribution in [0.3, 0.4) is 0 Å². The minimum absolute atomic E-state index is 0.144. The van der Waals surface area contributed by atoms with Crippen molar-refractivity contribution >= 4 is 16.8 Å². The molecule has 0 unspecified atom stereocenters. The van der Waals surface area contributed by atoms with Crippen molar-refractivity contribution in [1.29, 1.82) is 0 Å². The number of aromatic nitrogens is 2. The summed E-state index contributed by atoms with van der Waals surface area (Å²) in [6.07, 6.45) is 11.2. The standard InChI is InChI=1S/C16H15N3O2.C2H6.C2H2/c1-19-10-13(12-7-8-17-14(12)16(19)21)15(20)18-9-11-5-3-2-4-6-11;2*1-2/h2-8,10,17H,9H2,1H3,(H,18,20);1-2H3;1-2H. The Kier molecular flexibility index (Phi) is 7.74. The van der Waals surface area contributed by atoms with Crippen LogP contribution in [-0.2, 0) is 13.6 Å². The van der Waals surface area contributed by atoms with Gasteiger partial charge >= 0.3 is 0 Å². The highest BCUT2D eigenvalue weighted by Crippen LogP contribution is 2.14. The Morgan fingerprint density at radius 2 is 1.80 bits per heavy atom. The number of fused-ring (bicyclic) bond motifs is 1. The fourth-order valence-electron chi connectivity index (χ4n) is 2.32. The van der Waals surface area contributed by atoms with E-state index >= 15 is 0 Å². The Morgan fingerprint density at radius 1 is 1.16 bits per heavy atom. The van der Waals surface area contributed by atoms with Crippen molar-refractivity contribution in [2.24, 2.45) is 7.05 Å². The molecule has 0 saturated heterocycles. The van der Waals surface area contributed by atoms with Crippen LogP contribution in [0, 0.1) is 12.8 Å². The van der Waals surface area contributed by atoms with Gasteiger partial charge in [0.1, 0.15) is 5.52 Å². The fraction of sp³-hybridized carbons (Fsp3) is 0.200. The van der Waals surface area contributed by atoms with E-state index in [1.165, 1.54) is 4.57 Å². The molecule has 0 aliphatic carbocycles. The number of aromatic amines is 1. The zero-order chi connectivity index (χ0) is 18.8. The lowest BCUT2D eigenvalue weighted by atomic mass is 10.1. The number of aryl methyl sites for hydroxylation is 1. The lowest BCUT2D eigenvalue weighted by Crippen LogP contribution is -2.26. The predicted octanol–water partition coefficient (Wildman–Crippen LogP) is 3.07. The SMILES string of the molecule is C#C.CC.Cn1cc(C(=O)NCc2ccccc2)c2cc[nH]c2c1=O. The van der Waals surface area contributed by atoms with Gasteiger partial charge in [-0.3, -0.25) is 9.59 Å². The number of carbonyl (C=O) groups excluding carboxylic acids is 1. The molecule has 2 aromatic heterocycles. The van der Waals surface area contributed by atoms with Gasteiger partial charge in [0.25, 0.3) is 11.5 Å². The molecule has 0 fully saturated rings. The number of pyridine rings is 1. The summed E-state index contributed by atoms with van der Waals surface area (Å²) in [6.45, 7) is 4.45. The molecule has 2 heterocycles.